The summed E-state index contributed by atoms with van der Waals surface area (Å²) < 4.78 is 26.8. The van der Waals surface area contributed by atoms with E-state index in [4.69, 9.17) is 4.74 Å². The van der Waals surface area contributed by atoms with Crippen LogP contribution in [0.2, 0.25) is 0 Å². The van der Waals surface area contributed by atoms with E-state index in [1.54, 1.807) is 18.7 Å². The number of nitrogens with one attached hydrogen (secondary N) is 1. The fourth-order valence-electron chi connectivity index (χ4n) is 1.31. The summed E-state index contributed by atoms with van der Waals surface area (Å²) in [6.07, 6.45) is 1.88. The van der Waals surface area contributed by atoms with Gasteiger partial charge in [-0.25, -0.2) is 8.42 Å². The van der Waals surface area contributed by atoms with Crippen LogP contribution < -0.4 is 5.32 Å². The van der Waals surface area contributed by atoms with Crippen LogP contribution in [0.25, 0.3) is 0 Å². The molecule has 1 unspecified atom stereocenters. The van der Waals surface area contributed by atoms with Gasteiger partial charge in [-0.3, -0.25) is 4.79 Å². The first-order chi connectivity index (χ1) is 8.40. The van der Waals surface area contributed by atoms with Crippen LogP contribution in [-0.2, 0) is 19.4 Å². The number of ether oxygens (including phenoxy) is 1. The van der Waals surface area contributed by atoms with Crippen LogP contribution in [0.5, 0.6) is 0 Å². The van der Waals surface area contributed by atoms with E-state index < -0.39 is 9.84 Å². The van der Waals surface area contributed by atoms with E-state index in [1.807, 2.05) is 6.92 Å². The lowest BCUT2D eigenvalue weighted by Crippen LogP contribution is -2.38. The molecule has 0 aliphatic heterocycles. The van der Waals surface area contributed by atoms with Crippen molar-refractivity contribution >= 4 is 27.6 Å². The molecule has 0 heterocycles. The number of carbonyl (C=O) groups is 1. The summed E-state index contributed by atoms with van der Waals surface area (Å²) in [5, 5.41) is 3.07. The molecule has 1 atom stereocenters. The Morgan fingerprint density at radius 3 is 2.50 bits per heavy atom. The number of carbonyl (C=O) groups excluding carboxylic acids is 1. The smallest absolute Gasteiger partial charge is 0.323 e. The van der Waals surface area contributed by atoms with Crippen LogP contribution in [-0.4, -0.2) is 57.1 Å². The first-order valence-corrected chi connectivity index (χ1v) is 9.27. The van der Waals surface area contributed by atoms with Crippen molar-refractivity contribution in [2.45, 2.75) is 26.3 Å². The maximum absolute atomic E-state index is 11.6. The van der Waals surface area contributed by atoms with Gasteiger partial charge in [0.05, 0.1) is 12.4 Å². The highest BCUT2D eigenvalue weighted by Gasteiger charge is 2.17. The average molecular weight is 297 g/mol. The van der Waals surface area contributed by atoms with Crippen LogP contribution in [0.1, 0.15) is 20.3 Å². The summed E-state index contributed by atoms with van der Waals surface area (Å²) in [7, 11) is -2.89. The molecule has 0 saturated heterocycles. The summed E-state index contributed by atoms with van der Waals surface area (Å²) in [6, 6.07) is -0.291. The summed E-state index contributed by atoms with van der Waals surface area (Å²) in [4.78, 5) is 11.6. The van der Waals surface area contributed by atoms with Gasteiger partial charge in [-0.2, -0.15) is 11.8 Å². The number of hydrogen-bond donors (Lipinski definition) is 1. The highest BCUT2D eigenvalue weighted by atomic mass is 32.2. The Morgan fingerprint density at radius 2 is 2.00 bits per heavy atom. The Balaban J connectivity index is 3.87. The molecule has 0 aromatic rings. The molecular formula is C11H23NO4S2. The predicted octanol–water partition coefficient (Wildman–Crippen LogP) is 0.695. The van der Waals surface area contributed by atoms with Gasteiger partial charge in [0.25, 0.3) is 0 Å². The van der Waals surface area contributed by atoms with E-state index in [1.165, 1.54) is 6.26 Å². The molecular weight excluding hydrogens is 274 g/mol. The number of sulfone groups is 1. The molecule has 7 heteroatoms. The van der Waals surface area contributed by atoms with E-state index in [2.05, 4.69) is 5.32 Å². The highest BCUT2D eigenvalue weighted by Crippen LogP contribution is 2.07. The van der Waals surface area contributed by atoms with Gasteiger partial charge in [0, 0.05) is 12.0 Å². The van der Waals surface area contributed by atoms with Crippen LogP contribution >= 0.6 is 11.8 Å². The van der Waals surface area contributed by atoms with Crippen molar-refractivity contribution in [3.05, 3.63) is 0 Å². The monoisotopic (exact) mass is 297 g/mol. The molecule has 0 saturated carbocycles. The van der Waals surface area contributed by atoms with Crippen molar-refractivity contribution in [2.75, 3.05) is 36.7 Å². The van der Waals surface area contributed by atoms with Gasteiger partial charge < -0.3 is 10.1 Å². The van der Waals surface area contributed by atoms with Crippen LogP contribution in [0.4, 0.5) is 0 Å². The van der Waals surface area contributed by atoms with Gasteiger partial charge in [-0.1, -0.05) is 6.92 Å². The van der Waals surface area contributed by atoms with Gasteiger partial charge in [-0.05, 0) is 25.6 Å². The topological polar surface area (TPSA) is 72.5 Å². The molecule has 0 spiro atoms. The Kier molecular flexibility index (Phi) is 9.49. The predicted molar refractivity (Wildman–Crippen MR) is 75.8 cm³/mol. The normalized spacial score (nSPS) is 13.3. The van der Waals surface area contributed by atoms with E-state index in [0.717, 1.165) is 5.75 Å². The summed E-state index contributed by atoms with van der Waals surface area (Å²) in [5.41, 5.74) is 0. The van der Waals surface area contributed by atoms with Crippen molar-refractivity contribution in [3.8, 4) is 0 Å². The Bertz CT molecular complexity index is 330. The lowest BCUT2D eigenvalue weighted by atomic mass is 10.2. The molecule has 0 fully saturated rings. The first kappa shape index (κ1) is 17.7. The number of rotatable bonds is 10. The van der Waals surface area contributed by atoms with Crippen LogP contribution in [0.15, 0.2) is 0 Å². The number of hydrogen-bond acceptors (Lipinski definition) is 6. The molecule has 18 heavy (non-hydrogen) atoms. The second-order valence-corrected chi connectivity index (χ2v) is 7.38. The second kappa shape index (κ2) is 9.63. The zero-order valence-corrected chi connectivity index (χ0v) is 12.9. The maximum atomic E-state index is 11.6. The molecule has 108 valence electrons. The van der Waals surface area contributed by atoms with Crippen molar-refractivity contribution < 1.29 is 17.9 Å². The third-order valence-corrected chi connectivity index (χ3v) is 4.39. The van der Waals surface area contributed by atoms with E-state index >= 15 is 0 Å². The lowest BCUT2D eigenvalue weighted by Gasteiger charge is -2.15. The molecule has 0 rings (SSSR count). The Morgan fingerprint density at radius 1 is 1.33 bits per heavy atom. The van der Waals surface area contributed by atoms with Gasteiger partial charge in [-0.15, -0.1) is 0 Å². The van der Waals surface area contributed by atoms with Gasteiger partial charge in [0.2, 0.25) is 0 Å². The molecule has 0 aromatic carbocycles. The molecule has 0 radical (unpaired) electrons. The SMILES string of the molecule is CCNC(CCSCCS(C)(=O)=O)C(=O)OCC. The van der Waals surface area contributed by atoms with Crippen molar-refractivity contribution in [1.29, 1.82) is 0 Å². The van der Waals surface area contributed by atoms with Gasteiger partial charge in [0.15, 0.2) is 0 Å². The largest absolute Gasteiger partial charge is 0.465 e. The molecule has 1 N–H and O–H groups in total. The third-order valence-electron chi connectivity index (χ3n) is 2.17. The Hall–Kier alpha value is -0.270. The van der Waals surface area contributed by atoms with Gasteiger partial charge in [0.1, 0.15) is 15.9 Å². The van der Waals surface area contributed by atoms with Crippen molar-refractivity contribution in [2.24, 2.45) is 0 Å². The molecule has 0 bridgehead atoms. The summed E-state index contributed by atoms with van der Waals surface area (Å²) in [5.74, 6) is 1.26. The minimum atomic E-state index is -2.89. The first-order valence-electron chi connectivity index (χ1n) is 6.06. The number of esters is 1. The van der Waals surface area contributed by atoms with E-state index in [0.29, 0.717) is 25.3 Å². The maximum Gasteiger partial charge on any atom is 0.323 e. The Labute approximate surface area is 114 Å². The molecule has 5 nitrogen and oxygen atoms in total. The fraction of sp³-hybridized carbons (Fsp3) is 0.909. The minimum absolute atomic E-state index is 0.183. The van der Waals surface area contributed by atoms with Gasteiger partial charge >= 0.3 is 5.97 Å². The standard InChI is InChI=1S/C11H23NO4S2/c1-4-12-10(11(13)16-5-2)6-7-17-8-9-18(3,14)15/h10,12H,4-9H2,1-3H3. The molecule has 0 aromatic heterocycles. The fourth-order valence-corrected chi connectivity index (χ4v) is 3.59. The quantitative estimate of drug-likeness (QED) is 0.472. The van der Waals surface area contributed by atoms with E-state index in [-0.39, 0.29) is 17.8 Å². The van der Waals surface area contributed by atoms with Crippen molar-refractivity contribution in [3.63, 3.8) is 0 Å². The summed E-state index contributed by atoms with van der Waals surface area (Å²) >= 11 is 1.54. The third kappa shape index (κ3) is 9.73. The second-order valence-electron chi connectivity index (χ2n) is 3.89. The summed E-state index contributed by atoms with van der Waals surface area (Å²) in [6.45, 7) is 4.80. The van der Waals surface area contributed by atoms with Crippen molar-refractivity contribution in [1.82, 2.24) is 5.32 Å². The number of thioether (sulfide) groups is 1. The highest BCUT2D eigenvalue weighted by molar-refractivity contribution is 8.00. The van der Waals surface area contributed by atoms with E-state index in [9.17, 15) is 13.2 Å². The van der Waals surface area contributed by atoms with Crippen LogP contribution in [0, 0.1) is 0 Å². The molecule has 0 amide bonds. The average Bonchev–Trinajstić information content (AvgIpc) is 2.26. The lowest BCUT2D eigenvalue weighted by molar-refractivity contribution is -0.145. The molecule has 0 aliphatic rings. The number of likely N-dealkylation sites (N-methyl/N-ethyl adjacent to an activating group) is 1. The zero-order chi connectivity index (χ0) is 14.0. The molecule has 0 aliphatic carbocycles. The zero-order valence-electron chi connectivity index (χ0n) is 11.3. The minimum Gasteiger partial charge on any atom is -0.465 e. The van der Waals surface area contributed by atoms with Crippen LogP contribution in [0.3, 0.4) is 0 Å².